The SMILES string of the molecule is CCCCOc1cc(/C=C(/OCC)C(=O)O)ccc1OCCc1ccc(NC(=O)c2cccc(OCC)c2)cc1. The van der Waals surface area contributed by atoms with Gasteiger partial charge in [0.1, 0.15) is 5.75 Å². The van der Waals surface area contributed by atoms with Crippen molar-refractivity contribution in [3.63, 3.8) is 0 Å². The van der Waals surface area contributed by atoms with Crippen LogP contribution in [0, 0.1) is 0 Å². The minimum atomic E-state index is -1.13. The van der Waals surface area contributed by atoms with Crippen molar-refractivity contribution in [3.8, 4) is 17.2 Å². The zero-order valence-corrected chi connectivity index (χ0v) is 23.3. The third-order valence-corrected chi connectivity index (χ3v) is 5.80. The average Bonchev–Trinajstić information content (AvgIpc) is 2.95. The van der Waals surface area contributed by atoms with Crippen molar-refractivity contribution in [2.75, 3.05) is 31.7 Å². The van der Waals surface area contributed by atoms with Gasteiger partial charge in [0, 0.05) is 17.7 Å². The van der Waals surface area contributed by atoms with Crippen molar-refractivity contribution in [1.29, 1.82) is 0 Å². The second kappa shape index (κ2) is 15.8. The van der Waals surface area contributed by atoms with Crippen LogP contribution in [0.2, 0.25) is 0 Å². The molecule has 0 saturated carbocycles. The molecule has 40 heavy (non-hydrogen) atoms. The summed E-state index contributed by atoms with van der Waals surface area (Å²) in [6.45, 7) is 7.45. The van der Waals surface area contributed by atoms with Gasteiger partial charge >= 0.3 is 5.97 Å². The summed E-state index contributed by atoms with van der Waals surface area (Å²) in [7, 11) is 0. The Hall–Kier alpha value is -4.46. The number of carbonyl (C=O) groups excluding carboxylic acids is 1. The van der Waals surface area contributed by atoms with Gasteiger partial charge in [-0.1, -0.05) is 37.6 Å². The minimum Gasteiger partial charge on any atom is -0.494 e. The Bertz CT molecular complexity index is 1280. The van der Waals surface area contributed by atoms with Crippen LogP contribution in [0.25, 0.3) is 6.08 Å². The summed E-state index contributed by atoms with van der Waals surface area (Å²) < 4.78 is 22.7. The van der Waals surface area contributed by atoms with Gasteiger partial charge in [0.25, 0.3) is 5.91 Å². The molecular formula is C32H37NO7. The lowest BCUT2D eigenvalue weighted by Crippen LogP contribution is -2.12. The Morgan fingerprint density at radius 1 is 0.850 bits per heavy atom. The molecule has 0 fully saturated rings. The molecule has 0 unspecified atom stereocenters. The van der Waals surface area contributed by atoms with Gasteiger partial charge in [-0.2, -0.15) is 0 Å². The number of aliphatic carboxylic acids is 1. The second-order valence-corrected chi connectivity index (χ2v) is 8.87. The highest BCUT2D eigenvalue weighted by atomic mass is 16.5. The van der Waals surface area contributed by atoms with Crippen LogP contribution in [0.5, 0.6) is 17.2 Å². The maximum atomic E-state index is 12.6. The van der Waals surface area contributed by atoms with E-state index in [1.165, 1.54) is 6.08 Å². The quantitative estimate of drug-likeness (QED) is 0.118. The predicted molar refractivity (Wildman–Crippen MR) is 155 cm³/mol. The first-order valence-electron chi connectivity index (χ1n) is 13.5. The Morgan fingerprint density at radius 3 is 2.33 bits per heavy atom. The number of unbranched alkanes of at least 4 members (excludes halogenated alkanes) is 1. The van der Waals surface area contributed by atoms with Gasteiger partial charge in [-0.15, -0.1) is 0 Å². The smallest absolute Gasteiger partial charge is 0.371 e. The van der Waals surface area contributed by atoms with E-state index in [9.17, 15) is 14.7 Å². The molecule has 0 saturated heterocycles. The van der Waals surface area contributed by atoms with E-state index >= 15 is 0 Å². The van der Waals surface area contributed by atoms with Crippen LogP contribution >= 0.6 is 0 Å². The summed E-state index contributed by atoms with van der Waals surface area (Å²) >= 11 is 0. The molecule has 0 aliphatic rings. The lowest BCUT2D eigenvalue weighted by atomic mass is 10.1. The molecule has 1 amide bonds. The fraction of sp³-hybridized carbons (Fsp3) is 0.312. The zero-order chi connectivity index (χ0) is 28.7. The van der Waals surface area contributed by atoms with Gasteiger partial charge < -0.3 is 29.4 Å². The summed E-state index contributed by atoms with van der Waals surface area (Å²) in [6, 6.07) is 20.0. The summed E-state index contributed by atoms with van der Waals surface area (Å²) in [5.74, 6) is 0.329. The maximum absolute atomic E-state index is 12.6. The summed E-state index contributed by atoms with van der Waals surface area (Å²) in [6.07, 6.45) is 3.99. The molecule has 2 N–H and O–H groups in total. The van der Waals surface area contributed by atoms with Crippen molar-refractivity contribution < 1.29 is 33.6 Å². The fourth-order valence-electron chi connectivity index (χ4n) is 3.78. The van der Waals surface area contributed by atoms with Crippen LogP contribution < -0.4 is 19.5 Å². The van der Waals surface area contributed by atoms with Crippen molar-refractivity contribution in [2.24, 2.45) is 0 Å². The third kappa shape index (κ3) is 9.38. The van der Waals surface area contributed by atoms with Crippen molar-refractivity contribution in [1.82, 2.24) is 0 Å². The van der Waals surface area contributed by atoms with Crippen LogP contribution in [0.15, 0.2) is 72.5 Å². The number of hydrogen-bond donors (Lipinski definition) is 2. The maximum Gasteiger partial charge on any atom is 0.371 e. The first-order chi connectivity index (χ1) is 19.4. The molecule has 0 aliphatic carbocycles. The number of carboxylic acids is 1. The Morgan fingerprint density at radius 2 is 1.62 bits per heavy atom. The highest BCUT2D eigenvalue weighted by molar-refractivity contribution is 6.04. The molecule has 0 bridgehead atoms. The first-order valence-corrected chi connectivity index (χ1v) is 13.5. The Balaban J connectivity index is 1.61. The number of hydrogen-bond acceptors (Lipinski definition) is 6. The molecule has 3 rings (SSSR count). The summed E-state index contributed by atoms with van der Waals surface area (Å²) in [5, 5.41) is 12.3. The third-order valence-electron chi connectivity index (χ3n) is 5.80. The van der Waals surface area contributed by atoms with Gasteiger partial charge in [-0.25, -0.2) is 4.79 Å². The summed E-state index contributed by atoms with van der Waals surface area (Å²) in [5.41, 5.74) is 2.91. The van der Waals surface area contributed by atoms with E-state index in [1.54, 1.807) is 43.3 Å². The van der Waals surface area contributed by atoms with E-state index in [0.29, 0.717) is 60.3 Å². The molecule has 0 radical (unpaired) electrons. The number of amides is 1. The highest BCUT2D eigenvalue weighted by Gasteiger charge is 2.12. The molecular weight excluding hydrogens is 510 g/mol. The van der Waals surface area contributed by atoms with Crippen molar-refractivity contribution >= 4 is 23.6 Å². The van der Waals surface area contributed by atoms with Crippen LogP contribution in [-0.2, 0) is 16.0 Å². The van der Waals surface area contributed by atoms with Gasteiger partial charge in [-0.05, 0) is 79.9 Å². The van der Waals surface area contributed by atoms with Crippen molar-refractivity contribution in [3.05, 3.63) is 89.2 Å². The van der Waals surface area contributed by atoms with Gasteiger partial charge in [0.05, 0.1) is 26.4 Å². The number of rotatable bonds is 16. The predicted octanol–water partition coefficient (Wildman–Crippen LogP) is 6.60. The molecule has 3 aromatic rings. The number of anilines is 1. The van der Waals surface area contributed by atoms with Crippen LogP contribution in [0.3, 0.4) is 0 Å². The van der Waals surface area contributed by atoms with E-state index in [1.807, 2.05) is 37.3 Å². The zero-order valence-electron chi connectivity index (χ0n) is 23.3. The van der Waals surface area contributed by atoms with E-state index in [-0.39, 0.29) is 18.3 Å². The topological polar surface area (TPSA) is 103 Å². The highest BCUT2D eigenvalue weighted by Crippen LogP contribution is 2.30. The molecule has 0 spiro atoms. The normalized spacial score (nSPS) is 11.0. The van der Waals surface area contributed by atoms with E-state index in [4.69, 9.17) is 18.9 Å². The number of ether oxygens (including phenoxy) is 4. The van der Waals surface area contributed by atoms with E-state index < -0.39 is 5.97 Å². The molecule has 0 atom stereocenters. The second-order valence-electron chi connectivity index (χ2n) is 8.87. The number of carboxylic acid groups (broad SMARTS) is 1. The van der Waals surface area contributed by atoms with Gasteiger partial charge in [-0.3, -0.25) is 4.79 Å². The van der Waals surface area contributed by atoms with Gasteiger partial charge in [0.2, 0.25) is 5.76 Å². The van der Waals surface area contributed by atoms with Crippen molar-refractivity contribution in [2.45, 2.75) is 40.0 Å². The van der Waals surface area contributed by atoms with E-state index in [2.05, 4.69) is 12.2 Å². The van der Waals surface area contributed by atoms with E-state index in [0.717, 1.165) is 18.4 Å². The summed E-state index contributed by atoms with van der Waals surface area (Å²) in [4.78, 5) is 24.1. The average molecular weight is 548 g/mol. The van der Waals surface area contributed by atoms with Gasteiger partial charge in [0.15, 0.2) is 11.5 Å². The number of benzene rings is 3. The molecule has 0 heterocycles. The monoisotopic (exact) mass is 547 g/mol. The molecule has 8 heteroatoms. The minimum absolute atomic E-state index is 0.130. The Labute approximate surface area is 235 Å². The fourth-order valence-corrected chi connectivity index (χ4v) is 3.78. The molecule has 0 aliphatic heterocycles. The molecule has 8 nitrogen and oxygen atoms in total. The van der Waals surface area contributed by atoms with Crippen LogP contribution in [-0.4, -0.2) is 43.4 Å². The molecule has 212 valence electrons. The molecule has 0 aromatic heterocycles. The van der Waals surface area contributed by atoms with Crippen LogP contribution in [0.4, 0.5) is 5.69 Å². The standard InChI is InChI=1S/C32H37NO7/c1-4-7-18-39-29-20-24(21-30(32(35)36)38-6-3)13-16-28(29)40-19-17-23-11-14-26(15-12-23)33-31(34)25-9-8-10-27(22-25)37-5-2/h8-16,20-22H,4-7,17-19H2,1-3H3,(H,33,34)(H,35,36)/b30-21+. The lowest BCUT2D eigenvalue weighted by Gasteiger charge is -2.14. The number of carbonyl (C=O) groups is 2. The first kappa shape index (κ1) is 30.1. The number of nitrogens with one attached hydrogen (secondary N) is 1. The lowest BCUT2D eigenvalue weighted by molar-refractivity contribution is -0.136. The Kier molecular flexibility index (Phi) is 11.9. The largest absolute Gasteiger partial charge is 0.494 e. The molecule has 3 aromatic carbocycles. The van der Waals surface area contributed by atoms with Crippen LogP contribution in [0.1, 0.15) is 55.1 Å².